The number of hydroxylamine groups is 4. The number of hydrogen-bond donors (Lipinski definition) is 1. The lowest BCUT2D eigenvalue weighted by Crippen LogP contribution is -2.44. The van der Waals surface area contributed by atoms with Gasteiger partial charge in [-0.2, -0.15) is 0 Å². The highest BCUT2D eigenvalue weighted by Crippen LogP contribution is 2.23. The lowest BCUT2D eigenvalue weighted by atomic mass is 10.2. The van der Waals surface area contributed by atoms with E-state index in [2.05, 4.69) is 0 Å². The van der Waals surface area contributed by atoms with E-state index < -0.39 is 16.8 Å². The molecule has 0 radical (unpaired) electrons. The normalized spacial score (nSPS) is 30.4. The number of nitrogens with zero attached hydrogens (tertiary/aromatic N) is 1. The standard InChI is InChI=1S/C5H8NO4/c7-5(8)4-2-1-3-6(4,9)10/h4H,1-3H2,(H,7,8)/q-1/t4-/m0/s1. The van der Waals surface area contributed by atoms with Crippen molar-refractivity contribution in [2.24, 2.45) is 0 Å². The topological polar surface area (TPSA) is 83.4 Å². The van der Waals surface area contributed by atoms with Crippen LogP contribution >= 0.6 is 0 Å². The molecule has 1 fully saturated rings. The van der Waals surface area contributed by atoms with Crippen molar-refractivity contribution >= 4 is 5.97 Å². The van der Waals surface area contributed by atoms with Gasteiger partial charge in [0, 0.05) is 12.8 Å². The number of carboxylic acid groups (broad SMARTS) is 1. The summed E-state index contributed by atoms with van der Waals surface area (Å²) in [5.74, 6) is -1.28. The van der Waals surface area contributed by atoms with Crippen molar-refractivity contribution in [3.05, 3.63) is 10.4 Å². The maximum Gasteiger partial charge on any atom is 0.363 e. The van der Waals surface area contributed by atoms with Crippen LogP contribution in [-0.4, -0.2) is 28.5 Å². The van der Waals surface area contributed by atoms with Crippen LogP contribution in [0.15, 0.2) is 0 Å². The third-order valence-electron chi connectivity index (χ3n) is 1.71. The highest BCUT2D eigenvalue weighted by molar-refractivity contribution is 5.72. The molecule has 0 aromatic heterocycles. The van der Waals surface area contributed by atoms with Crippen molar-refractivity contribution < 1.29 is 14.7 Å². The molecule has 10 heavy (non-hydrogen) atoms. The van der Waals surface area contributed by atoms with Gasteiger partial charge in [0.2, 0.25) is 0 Å². The number of aliphatic carboxylic acids is 1. The van der Waals surface area contributed by atoms with Gasteiger partial charge in [-0.15, -0.1) is 0 Å². The van der Waals surface area contributed by atoms with Gasteiger partial charge in [0.25, 0.3) is 0 Å². The fraction of sp³-hybridized carbons (Fsp3) is 0.800. The zero-order valence-corrected chi connectivity index (χ0v) is 5.32. The minimum absolute atomic E-state index is 0.114. The average molecular weight is 146 g/mol. The molecule has 5 nitrogen and oxygen atoms in total. The first kappa shape index (κ1) is 7.46. The molecule has 0 amide bonds. The van der Waals surface area contributed by atoms with Gasteiger partial charge >= 0.3 is 5.97 Å². The summed E-state index contributed by atoms with van der Waals surface area (Å²) >= 11 is 0. The number of rotatable bonds is 1. The van der Waals surface area contributed by atoms with Crippen LogP contribution in [0.25, 0.3) is 0 Å². The van der Waals surface area contributed by atoms with Gasteiger partial charge in [-0.1, -0.05) is 0 Å². The van der Waals surface area contributed by atoms with Crippen molar-refractivity contribution in [3.63, 3.8) is 0 Å². The van der Waals surface area contributed by atoms with Crippen molar-refractivity contribution in [3.8, 4) is 0 Å². The molecule has 0 saturated carbocycles. The first-order valence-corrected chi connectivity index (χ1v) is 3.06. The van der Waals surface area contributed by atoms with Crippen molar-refractivity contribution in [1.82, 2.24) is 0 Å². The second-order valence-corrected chi connectivity index (χ2v) is 2.45. The Morgan fingerprint density at radius 3 is 2.40 bits per heavy atom. The van der Waals surface area contributed by atoms with Crippen LogP contribution in [0, 0.1) is 10.4 Å². The lowest BCUT2D eigenvalue weighted by Gasteiger charge is -2.46. The van der Waals surface area contributed by atoms with Crippen molar-refractivity contribution in [2.45, 2.75) is 18.9 Å². The lowest BCUT2D eigenvalue weighted by molar-refractivity contribution is -0.833. The number of hydrogen-bond acceptors (Lipinski definition) is 3. The largest absolute Gasteiger partial charge is 0.631 e. The van der Waals surface area contributed by atoms with Crippen LogP contribution in [0.3, 0.4) is 0 Å². The second-order valence-electron chi connectivity index (χ2n) is 2.45. The first-order chi connectivity index (χ1) is 4.54. The Labute approximate surface area is 57.6 Å². The SMILES string of the molecule is O=C(O)[C@@H]1CCC[N+]1([O-])[O-]. The predicted molar refractivity (Wildman–Crippen MR) is 32.5 cm³/mol. The zero-order valence-electron chi connectivity index (χ0n) is 5.32. The first-order valence-electron chi connectivity index (χ1n) is 3.06. The van der Waals surface area contributed by atoms with Crippen LogP contribution in [0.2, 0.25) is 0 Å². The molecule has 1 atom stereocenters. The van der Waals surface area contributed by atoms with Crippen molar-refractivity contribution in [2.75, 3.05) is 6.54 Å². The summed E-state index contributed by atoms with van der Waals surface area (Å²) in [4.78, 5) is 8.35. The maximum absolute atomic E-state index is 10.7. The molecule has 1 heterocycles. The molecule has 1 aliphatic heterocycles. The van der Waals surface area contributed by atoms with E-state index in [4.69, 9.17) is 5.11 Å². The molecule has 58 valence electrons. The minimum atomic E-state index is -1.85. The van der Waals surface area contributed by atoms with E-state index in [1.165, 1.54) is 0 Å². The third kappa shape index (κ3) is 1.11. The molecule has 1 saturated heterocycles. The highest BCUT2D eigenvalue weighted by Gasteiger charge is 2.33. The number of quaternary nitrogens is 1. The van der Waals surface area contributed by atoms with Gasteiger partial charge in [0.1, 0.15) is 0 Å². The van der Waals surface area contributed by atoms with Crippen molar-refractivity contribution in [1.29, 1.82) is 0 Å². The molecule has 0 bridgehead atoms. The van der Waals surface area contributed by atoms with E-state index in [0.29, 0.717) is 6.42 Å². The molecule has 1 rings (SSSR count). The summed E-state index contributed by atoms with van der Waals surface area (Å²) in [7, 11) is 0. The monoisotopic (exact) mass is 146 g/mol. The van der Waals surface area contributed by atoms with E-state index >= 15 is 0 Å². The second kappa shape index (κ2) is 2.19. The summed E-state index contributed by atoms with van der Waals surface area (Å²) in [5.41, 5.74) is 0. The molecular weight excluding hydrogens is 138 g/mol. The zero-order chi connectivity index (χ0) is 7.78. The Morgan fingerprint density at radius 2 is 2.20 bits per heavy atom. The summed E-state index contributed by atoms with van der Waals surface area (Å²) < 4.78 is 0. The molecule has 0 aromatic carbocycles. The van der Waals surface area contributed by atoms with Gasteiger partial charge in [0.05, 0.1) is 6.54 Å². The number of carboxylic acids is 1. The number of carbonyl (C=O) groups is 1. The van der Waals surface area contributed by atoms with E-state index in [-0.39, 0.29) is 13.0 Å². The predicted octanol–water partition coefficient (Wildman–Crippen LogP) is 0.0458. The van der Waals surface area contributed by atoms with Gasteiger partial charge in [-0.05, 0) is 0 Å². The van der Waals surface area contributed by atoms with E-state index in [1.807, 2.05) is 0 Å². The van der Waals surface area contributed by atoms with E-state index in [0.717, 1.165) is 0 Å². The van der Waals surface area contributed by atoms with Gasteiger partial charge in [0.15, 0.2) is 6.04 Å². The Balaban J connectivity index is 2.68. The molecular formula is C5H8NO4-. The average Bonchev–Trinajstić information content (AvgIpc) is 2.08. The molecule has 1 N–H and O–H groups in total. The van der Waals surface area contributed by atoms with Crippen LogP contribution in [-0.2, 0) is 4.79 Å². The Bertz CT molecular complexity index is 156. The van der Waals surface area contributed by atoms with E-state index in [9.17, 15) is 15.2 Å². The smallest absolute Gasteiger partial charge is 0.363 e. The minimum Gasteiger partial charge on any atom is -0.631 e. The molecule has 0 aromatic rings. The van der Waals surface area contributed by atoms with Crippen LogP contribution in [0.5, 0.6) is 0 Å². The summed E-state index contributed by atoms with van der Waals surface area (Å²) in [6.07, 6.45) is 0.631. The van der Waals surface area contributed by atoms with Gasteiger partial charge in [-0.25, -0.2) is 4.79 Å². The van der Waals surface area contributed by atoms with Gasteiger partial charge in [-0.3, -0.25) is 0 Å². The fourth-order valence-corrected chi connectivity index (χ4v) is 1.15. The Morgan fingerprint density at radius 1 is 1.60 bits per heavy atom. The summed E-state index contributed by atoms with van der Waals surface area (Å²) in [6.45, 7) is -0.114. The maximum atomic E-state index is 10.7. The quantitative estimate of drug-likeness (QED) is 0.418. The molecule has 5 heteroatoms. The Hall–Kier alpha value is -0.650. The molecule has 0 aliphatic carbocycles. The fourth-order valence-electron chi connectivity index (χ4n) is 1.15. The highest BCUT2D eigenvalue weighted by atomic mass is 16.8. The molecule has 0 spiro atoms. The molecule has 0 unspecified atom stereocenters. The van der Waals surface area contributed by atoms with Crippen LogP contribution < -0.4 is 0 Å². The van der Waals surface area contributed by atoms with Crippen LogP contribution in [0.4, 0.5) is 0 Å². The Kier molecular flexibility index (Phi) is 1.63. The summed E-state index contributed by atoms with van der Waals surface area (Å²) in [6, 6.07) is -1.28. The summed E-state index contributed by atoms with van der Waals surface area (Å²) in [5, 5.41) is 29.7. The van der Waals surface area contributed by atoms with E-state index in [1.54, 1.807) is 0 Å². The van der Waals surface area contributed by atoms with Crippen LogP contribution in [0.1, 0.15) is 12.8 Å². The molecule has 1 aliphatic rings. The van der Waals surface area contributed by atoms with Gasteiger partial charge < -0.3 is 20.3 Å². The third-order valence-corrected chi connectivity index (χ3v) is 1.71.